The van der Waals surface area contributed by atoms with Crippen molar-refractivity contribution in [2.24, 2.45) is 0 Å². The average Bonchev–Trinajstić information content (AvgIpc) is 2.34. The SMILES string of the molecule is CN(C)CCCNS(=O)(=O)c1cccc([N+](=O)[O-])c1. The van der Waals surface area contributed by atoms with Crippen LogP contribution in [-0.4, -0.2) is 45.4 Å². The summed E-state index contributed by atoms with van der Waals surface area (Å²) in [4.78, 5) is 11.8. The predicted octanol–water partition coefficient (Wildman–Crippen LogP) is 0.825. The van der Waals surface area contributed by atoms with Crippen LogP contribution in [0.4, 0.5) is 5.69 Å². The van der Waals surface area contributed by atoms with Crippen LogP contribution in [0.25, 0.3) is 0 Å². The Morgan fingerprint density at radius 2 is 2.05 bits per heavy atom. The molecular formula is C11H17N3O4S. The number of hydrogen-bond donors (Lipinski definition) is 1. The average molecular weight is 287 g/mol. The zero-order chi connectivity index (χ0) is 14.5. The van der Waals surface area contributed by atoms with E-state index in [9.17, 15) is 18.5 Å². The lowest BCUT2D eigenvalue weighted by molar-refractivity contribution is -0.385. The highest BCUT2D eigenvalue weighted by molar-refractivity contribution is 7.89. The van der Waals surface area contributed by atoms with E-state index >= 15 is 0 Å². The van der Waals surface area contributed by atoms with E-state index in [0.29, 0.717) is 13.0 Å². The molecule has 1 aromatic carbocycles. The van der Waals surface area contributed by atoms with E-state index in [4.69, 9.17) is 0 Å². The molecular weight excluding hydrogens is 270 g/mol. The molecule has 0 atom stereocenters. The molecule has 0 aliphatic rings. The molecule has 0 bridgehead atoms. The quantitative estimate of drug-likeness (QED) is 0.455. The van der Waals surface area contributed by atoms with Gasteiger partial charge in [0.1, 0.15) is 0 Å². The molecule has 0 amide bonds. The van der Waals surface area contributed by atoms with Gasteiger partial charge in [-0.15, -0.1) is 0 Å². The molecule has 0 radical (unpaired) electrons. The topological polar surface area (TPSA) is 92.6 Å². The third-order valence-corrected chi connectivity index (χ3v) is 3.87. The van der Waals surface area contributed by atoms with Gasteiger partial charge in [0.25, 0.3) is 5.69 Å². The van der Waals surface area contributed by atoms with Gasteiger partial charge in [0.15, 0.2) is 0 Å². The Morgan fingerprint density at radius 1 is 1.37 bits per heavy atom. The number of nitro benzene ring substituents is 1. The Morgan fingerprint density at radius 3 is 2.63 bits per heavy atom. The Hall–Kier alpha value is -1.51. The first-order chi connectivity index (χ1) is 8.83. The third kappa shape index (κ3) is 4.93. The van der Waals surface area contributed by atoms with Crippen LogP contribution in [0.3, 0.4) is 0 Å². The molecule has 0 unspecified atom stereocenters. The Bertz CT molecular complexity index is 543. The lowest BCUT2D eigenvalue weighted by atomic mass is 10.3. The highest BCUT2D eigenvalue weighted by Gasteiger charge is 2.16. The van der Waals surface area contributed by atoms with Crippen molar-refractivity contribution < 1.29 is 13.3 Å². The van der Waals surface area contributed by atoms with Gasteiger partial charge in [0, 0.05) is 18.7 Å². The summed E-state index contributed by atoms with van der Waals surface area (Å²) in [6.07, 6.45) is 0.668. The van der Waals surface area contributed by atoms with Crippen LogP contribution in [0.2, 0.25) is 0 Å². The smallest absolute Gasteiger partial charge is 0.270 e. The summed E-state index contributed by atoms with van der Waals surface area (Å²) in [5.74, 6) is 0. The molecule has 0 aliphatic carbocycles. The summed E-state index contributed by atoms with van der Waals surface area (Å²) in [6.45, 7) is 1.06. The van der Waals surface area contributed by atoms with Crippen molar-refractivity contribution in [1.29, 1.82) is 0 Å². The monoisotopic (exact) mass is 287 g/mol. The molecule has 7 nitrogen and oxygen atoms in total. The van der Waals surface area contributed by atoms with Crippen LogP contribution >= 0.6 is 0 Å². The lowest BCUT2D eigenvalue weighted by Gasteiger charge is -2.10. The maximum absolute atomic E-state index is 11.9. The normalized spacial score (nSPS) is 11.7. The summed E-state index contributed by atoms with van der Waals surface area (Å²) in [7, 11) is 0.109. The molecule has 1 N–H and O–H groups in total. The number of nitrogens with one attached hydrogen (secondary N) is 1. The fourth-order valence-electron chi connectivity index (χ4n) is 1.45. The van der Waals surface area contributed by atoms with Gasteiger partial charge < -0.3 is 4.90 Å². The van der Waals surface area contributed by atoms with E-state index in [-0.39, 0.29) is 10.6 Å². The number of rotatable bonds is 7. The summed E-state index contributed by atoms with van der Waals surface area (Å²) in [5, 5.41) is 10.6. The number of nitrogens with zero attached hydrogens (tertiary/aromatic N) is 2. The van der Waals surface area contributed by atoms with E-state index in [1.54, 1.807) is 0 Å². The largest absolute Gasteiger partial charge is 0.309 e. The number of nitro groups is 1. The Balaban J connectivity index is 2.72. The molecule has 8 heteroatoms. The van der Waals surface area contributed by atoms with Crippen LogP contribution in [0.15, 0.2) is 29.2 Å². The van der Waals surface area contributed by atoms with Crippen molar-refractivity contribution in [3.63, 3.8) is 0 Å². The molecule has 0 heterocycles. The molecule has 106 valence electrons. The van der Waals surface area contributed by atoms with Gasteiger partial charge in [0.2, 0.25) is 10.0 Å². The van der Waals surface area contributed by atoms with Gasteiger partial charge in [-0.1, -0.05) is 6.07 Å². The summed E-state index contributed by atoms with van der Waals surface area (Å²) >= 11 is 0. The van der Waals surface area contributed by atoms with E-state index < -0.39 is 14.9 Å². The number of non-ortho nitro benzene ring substituents is 1. The molecule has 0 aliphatic heterocycles. The van der Waals surface area contributed by atoms with Crippen LogP contribution in [0, 0.1) is 10.1 Å². The van der Waals surface area contributed by atoms with E-state index in [1.165, 1.54) is 18.2 Å². The highest BCUT2D eigenvalue weighted by atomic mass is 32.2. The van der Waals surface area contributed by atoms with Crippen LogP contribution in [0.1, 0.15) is 6.42 Å². The standard InChI is InChI=1S/C11H17N3O4S/c1-13(2)8-4-7-12-19(17,18)11-6-3-5-10(9-11)14(15)16/h3,5-6,9,12H,4,7-8H2,1-2H3. The second-order valence-electron chi connectivity index (χ2n) is 4.31. The molecule has 0 saturated heterocycles. The van der Waals surface area contributed by atoms with Crippen molar-refractivity contribution in [2.75, 3.05) is 27.2 Å². The van der Waals surface area contributed by atoms with Gasteiger partial charge in [-0.05, 0) is 33.1 Å². The lowest BCUT2D eigenvalue weighted by Crippen LogP contribution is -2.27. The predicted molar refractivity (Wildman–Crippen MR) is 71.5 cm³/mol. The second-order valence-corrected chi connectivity index (χ2v) is 6.08. The minimum atomic E-state index is -3.69. The molecule has 1 rings (SSSR count). The van der Waals surface area contributed by atoms with E-state index in [0.717, 1.165) is 12.6 Å². The minimum absolute atomic E-state index is 0.0912. The minimum Gasteiger partial charge on any atom is -0.309 e. The van der Waals surface area contributed by atoms with Crippen LogP contribution in [0.5, 0.6) is 0 Å². The van der Waals surface area contributed by atoms with Gasteiger partial charge >= 0.3 is 0 Å². The Labute approximate surface area is 112 Å². The molecule has 0 saturated carbocycles. The zero-order valence-corrected chi connectivity index (χ0v) is 11.7. The summed E-state index contributed by atoms with van der Waals surface area (Å²) < 4.78 is 26.2. The maximum Gasteiger partial charge on any atom is 0.270 e. The Kier molecular flexibility index (Phi) is 5.40. The molecule has 0 fully saturated rings. The van der Waals surface area contributed by atoms with Crippen LogP contribution < -0.4 is 4.72 Å². The zero-order valence-electron chi connectivity index (χ0n) is 10.9. The van der Waals surface area contributed by atoms with Gasteiger partial charge in [0.05, 0.1) is 9.82 Å². The van der Waals surface area contributed by atoms with Crippen molar-refractivity contribution in [3.05, 3.63) is 34.4 Å². The van der Waals surface area contributed by atoms with Crippen molar-refractivity contribution in [1.82, 2.24) is 9.62 Å². The van der Waals surface area contributed by atoms with E-state index in [1.807, 2.05) is 19.0 Å². The summed E-state index contributed by atoms with van der Waals surface area (Å²) in [5.41, 5.74) is -0.240. The molecule has 19 heavy (non-hydrogen) atoms. The fraction of sp³-hybridized carbons (Fsp3) is 0.455. The van der Waals surface area contributed by atoms with Crippen molar-refractivity contribution in [3.8, 4) is 0 Å². The van der Waals surface area contributed by atoms with Gasteiger partial charge in [-0.3, -0.25) is 10.1 Å². The number of sulfonamides is 1. The number of hydrogen-bond acceptors (Lipinski definition) is 5. The number of benzene rings is 1. The first kappa shape index (κ1) is 15.5. The van der Waals surface area contributed by atoms with Crippen molar-refractivity contribution in [2.45, 2.75) is 11.3 Å². The first-order valence-electron chi connectivity index (χ1n) is 5.72. The summed E-state index contributed by atoms with van der Waals surface area (Å²) in [6, 6.07) is 4.99. The second kappa shape index (κ2) is 6.60. The molecule has 0 spiro atoms. The molecule has 0 aromatic heterocycles. The maximum atomic E-state index is 11.9. The highest BCUT2D eigenvalue weighted by Crippen LogP contribution is 2.16. The van der Waals surface area contributed by atoms with Crippen LogP contribution in [-0.2, 0) is 10.0 Å². The first-order valence-corrected chi connectivity index (χ1v) is 7.20. The fourth-order valence-corrected chi connectivity index (χ4v) is 2.56. The van der Waals surface area contributed by atoms with Gasteiger partial charge in [-0.2, -0.15) is 0 Å². The van der Waals surface area contributed by atoms with Crippen molar-refractivity contribution >= 4 is 15.7 Å². The van der Waals surface area contributed by atoms with E-state index in [2.05, 4.69) is 4.72 Å². The third-order valence-electron chi connectivity index (χ3n) is 2.41. The molecule has 1 aromatic rings. The van der Waals surface area contributed by atoms with Gasteiger partial charge in [-0.25, -0.2) is 13.1 Å².